The molecule has 0 spiro atoms. The number of carbonyl (C=O) groups excluding carboxylic acids is 1. The molecule has 0 radical (unpaired) electrons. The van der Waals surface area contributed by atoms with Crippen LogP contribution in [0.25, 0.3) is 10.8 Å². The molecular weight excluding hydrogens is 428 g/mol. The van der Waals surface area contributed by atoms with Crippen molar-refractivity contribution in [3.63, 3.8) is 0 Å². The molecule has 1 saturated carbocycles. The highest BCUT2D eigenvalue weighted by atomic mass is 32.2. The molecule has 172 valence electrons. The summed E-state index contributed by atoms with van der Waals surface area (Å²) in [7, 11) is -1.17. The zero-order valence-corrected chi connectivity index (χ0v) is 20.5. The number of amides is 1. The van der Waals surface area contributed by atoms with E-state index in [2.05, 4.69) is 65.4 Å². The molecule has 0 saturated heterocycles. The van der Waals surface area contributed by atoms with Crippen molar-refractivity contribution < 1.29 is 9.00 Å². The van der Waals surface area contributed by atoms with Gasteiger partial charge in [0.25, 0.3) is 0 Å². The number of hydrogen-bond donors (Lipinski definition) is 1. The van der Waals surface area contributed by atoms with E-state index < -0.39 is 11.0 Å². The molecule has 5 heteroatoms. The molecule has 0 bridgehead atoms. The smallest absolute Gasteiger partial charge is 0.230 e. The van der Waals surface area contributed by atoms with E-state index in [1.807, 2.05) is 25.7 Å². The molecule has 2 aliphatic rings. The molecule has 33 heavy (non-hydrogen) atoms. The number of rotatable bonds is 5. The minimum Gasteiger partial charge on any atom is -0.312 e. The van der Waals surface area contributed by atoms with Crippen molar-refractivity contribution in [2.75, 3.05) is 11.4 Å². The number of benzene rings is 3. The third-order valence-electron chi connectivity index (χ3n) is 6.62. The minimum absolute atomic E-state index is 0.0279. The molecule has 1 unspecified atom stereocenters. The highest BCUT2D eigenvalue weighted by molar-refractivity contribution is 7.84. The molecule has 3 aromatic carbocycles. The van der Waals surface area contributed by atoms with Crippen molar-refractivity contribution in [1.29, 1.82) is 0 Å². The van der Waals surface area contributed by atoms with Crippen molar-refractivity contribution in [3.8, 4) is 0 Å². The quantitative estimate of drug-likeness (QED) is 0.533. The Morgan fingerprint density at radius 3 is 2.39 bits per heavy atom. The van der Waals surface area contributed by atoms with Gasteiger partial charge in [0.1, 0.15) is 0 Å². The third kappa shape index (κ3) is 4.75. The first-order valence-corrected chi connectivity index (χ1v) is 13.0. The van der Waals surface area contributed by atoms with Gasteiger partial charge in [0.2, 0.25) is 5.91 Å². The Balaban J connectivity index is 1.47. The number of nitrogens with one attached hydrogen (secondary N) is 1. The number of carbonyl (C=O) groups is 1. The molecule has 4 nitrogen and oxygen atoms in total. The summed E-state index contributed by atoms with van der Waals surface area (Å²) in [5, 5.41) is 2.49. The summed E-state index contributed by atoms with van der Waals surface area (Å²) in [4.78, 5) is 14.9. The Hall–Kier alpha value is -2.50. The van der Waals surface area contributed by atoms with Crippen LogP contribution in [0.3, 0.4) is 0 Å². The second-order valence-electron chi connectivity index (χ2n) is 10.4. The maximum Gasteiger partial charge on any atom is 0.230 e. The predicted molar refractivity (Wildman–Crippen MR) is 137 cm³/mol. The fourth-order valence-corrected chi connectivity index (χ4v) is 5.42. The van der Waals surface area contributed by atoms with Gasteiger partial charge >= 0.3 is 0 Å². The topological polar surface area (TPSA) is 49.4 Å². The first-order chi connectivity index (χ1) is 15.8. The fraction of sp³-hybridized carbons (Fsp3) is 0.393. The van der Waals surface area contributed by atoms with Gasteiger partial charge < -0.3 is 4.90 Å². The highest BCUT2D eigenvalue weighted by Crippen LogP contribution is 2.40. The van der Waals surface area contributed by atoms with Crippen molar-refractivity contribution in [1.82, 2.24) is 4.72 Å². The summed E-state index contributed by atoms with van der Waals surface area (Å²) in [5.41, 5.74) is 4.53. The minimum atomic E-state index is -1.17. The van der Waals surface area contributed by atoms with Gasteiger partial charge in [-0.25, -0.2) is 8.93 Å². The fourth-order valence-electron chi connectivity index (χ4n) is 4.57. The van der Waals surface area contributed by atoms with Crippen molar-refractivity contribution in [3.05, 3.63) is 77.4 Å². The van der Waals surface area contributed by atoms with Crippen LogP contribution >= 0.6 is 0 Å². The molecule has 3 aromatic rings. The van der Waals surface area contributed by atoms with Crippen LogP contribution in [0.1, 0.15) is 62.8 Å². The van der Waals surface area contributed by atoms with E-state index in [0.29, 0.717) is 6.54 Å². The van der Waals surface area contributed by atoms with E-state index in [1.54, 1.807) is 0 Å². The largest absolute Gasteiger partial charge is 0.312 e. The lowest BCUT2D eigenvalue weighted by Crippen LogP contribution is -2.43. The summed E-state index contributed by atoms with van der Waals surface area (Å²) in [6, 6.07) is 21.5. The Morgan fingerprint density at radius 2 is 1.67 bits per heavy atom. The molecule has 1 aliphatic carbocycles. The number of anilines is 1. The SMILES string of the molecule is CC(C)(C)S(=O)N[C@@H]1CCN(C(=O)C2CC2)c2ccc(Cc3ccc4ccccc4c3)cc21. The van der Waals surface area contributed by atoms with E-state index in [-0.39, 0.29) is 22.6 Å². The van der Waals surface area contributed by atoms with Crippen LogP contribution in [0.4, 0.5) is 5.69 Å². The van der Waals surface area contributed by atoms with E-state index >= 15 is 0 Å². The van der Waals surface area contributed by atoms with Gasteiger partial charge in [-0.1, -0.05) is 54.6 Å². The molecule has 1 amide bonds. The second-order valence-corrected chi connectivity index (χ2v) is 12.4. The molecule has 1 heterocycles. The average molecular weight is 461 g/mol. The van der Waals surface area contributed by atoms with Gasteiger partial charge in [-0.3, -0.25) is 4.79 Å². The van der Waals surface area contributed by atoms with E-state index in [4.69, 9.17) is 0 Å². The van der Waals surface area contributed by atoms with E-state index in [0.717, 1.165) is 36.9 Å². The predicted octanol–water partition coefficient (Wildman–Crippen LogP) is 5.67. The van der Waals surface area contributed by atoms with Gasteiger partial charge in [0.15, 0.2) is 0 Å². The van der Waals surface area contributed by atoms with Crippen LogP contribution in [-0.2, 0) is 22.2 Å². The average Bonchev–Trinajstić information content (AvgIpc) is 3.64. The van der Waals surface area contributed by atoms with Gasteiger partial charge in [0.05, 0.1) is 15.7 Å². The van der Waals surface area contributed by atoms with Crippen molar-refractivity contribution >= 4 is 33.4 Å². The number of nitrogens with zero attached hydrogens (tertiary/aromatic N) is 1. The summed E-state index contributed by atoms with van der Waals surface area (Å²) < 4.78 is 15.9. The maximum atomic E-state index is 13.0. The monoisotopic (exact) mass is 460 g/mol. The highest BCUT2D eigenvalue weighted by Gasteiger charge is 2.38. The lowest BCUT2D eigenvalue weighted by molar-refractivity contribution is -0.119. The molecular formula is C28H32N2O2S. The van der Waals surface area contributed by atoms with Crippen molar-refractivity contribution in [2.45, 2.75) is 57.2 Å². The summed E-state index contributed by atoms with van der Waals surface area (Å²) in [6.07, 6.45) is 3.59. The van der Waals surface area contributed by atoms with Crippen LogP contribution in [0.15, 0.2) is 60.7 Å². The zero-order valence-electron chi connectivity index (χ0n) is 19.6. The first kappa shape index (κ1) is 22.3. The Bertz CT molecular complexity index is 1230. The molecule has 0 aromatic heterocycles. The Labute approximate surface area is 199 Å². The van der Waals surface area contributed by atoms with Crippen LogP contribution in [0.2, 0.25) is 0 Å². The van der Waals surface area contributed by atoms with Gasteiger partial charge in [-0.05, 0) is 80.0 Å². The summed E-state index contributed by atoms with van der Waals surface area (Å²) in [5.74, 6) is 0.428. The van der Waals surface area contributed by atoms with E-state index in [1.165, 1.54) is 21.9 Å². The molecule has 1 fully saturated rings. The van der Waals surface area contributed by atoms with Crippen LogP contribution in [-0.4, -0.2) is 21.4 Å². The lowest BCUT2D eigenvalue weighted by atomic mass is 9.92. The van der Waals surface area contributed by atoms with Crippen LogP contribution in [0.5, 0.6) is 0 Å². The standard InChI is InChI=1S/C28H32N2O2S/c1-28(2,3)33(32)29-25-14-15-30(27(31)22-11-12-22)26-13-9-20(18-24(25)26)16-19-8-10-21-6-4-5-7-23(21)17-19/h4-10,13,17-18,22,25,29H,11-12,14-16H2,1-3H3/t25-,33?/m1/s1. The number of hydrogen-bond acceptors (Lipinski definition) is 2. The van der Waals surface area contributed by atoms with Gasteiger partial charge in [0, 0.05) is 24.2 Å². The zero-order chi connectivity index (χ0) is 23.2. The van der Waals surface area contributed by atoms with E-state index in [9.17, 15) is 9.00 Å². The second kappa shape index (κ2) is 8.69. The maximum absolute atomic E-state index is 13.0. The Morgan fingerprint density at radius 1 is 0.970 bits per heavy atom. The Kier molecular flexibility index (Phi) is 5.87. The van der Waals surface area contributed by atoms with Crippen molar-refractivity contribution in [2.24, 2.45) is 5.92 Å². The first-order valence-electron chi connectivity index (χ1n) is 11.9. The summed E-state index contributed by atoms with van der Waals surface area (Å²) >= 11 is 0. The summed E-state index contributed by atoms with van der Waals surface area (Å²) in [6.45, 7) is 6.63. The molecule has 1 aliphatic heterocycles. The van der Waals surface area contributed by atoms with Gasteiger partial charge in [-0.15, -0.1) is 0 Å². The molecule has 1 N–H and O–H groups in total. The van der Waals surface area contributed by atoms with Crippen LogP contribution < -0.4 is 9.62 Å². The van der Waals surface area contributed by atoms with Gasteiger partial charge in [-0.2, -0.15) is 0 Å². The molecule has 2 atom stereocenters. The lowest BCUT2D eigenvalue weighted by Gasteiger charge is -2.36. The number of fused-ring (bicyclic) bond motifs is 2. The normalized spacial score (nSPS) is 19.4. The third-order valence-corrected chi connectivity index (χ3v) is 8.23. The molecule has 5 rings (SSSR count). The van der Waals surface area contributed by atoms with Crippen LogP contribution in [0, 0.1) is 5.92 Å².